The summed E-state index contributed by atoms with van der Waals surface area (Å²) in [5.74, 6) is 0. The fourth-order valence-corrected chi connectivity index (χ4v) is 2.18. The predicted molar refractivity (Wildman–Crippen MR) is 63.1 cm³/mol. The highest BCUT2D eigenvalue weighted by atomic mass is 79.9. The van der Waals surface area contributed by atoms with Crippen LogP contribution >= 0.6 is 27.3 Å². The van der Waals surface area contributed by atoms with Crippen LogP contribution in [0.1, 0.15) is 18.6 Å². The molecule has 0 aliphatic heterocycles. The number of hydrogen-bond donors (Lipinski definition) is 0. The van der Waals surface area contributed by atoms with Gasteiger partial charge in [-0.15, -0.1) is 5.10 Å². The lowest BCUT2D eigenvalue weighted by Crippen LogP contribution is -2.02. The van der Waals surface area contributed by atoms with Crippen molar-refractivity contribution in [3.05, 3.63) is 39.8 Å². The van der Waals surface area contributed by atoms with Gasteiger partial charge in [-0.25, -0.2) is 0 Å². The Morgan fingerprint density at radius 2 is 2.00 bits per heavy atom. The van der Waals surface area contributed by atoms with Crippen molar-refractivity contribution in [3.63, 3.8) is 0 Å². The molecule has 78 valence electrons. The minimum Gasteiger partial charge on any atom is -0.461 e. The average Bonchev–Trinajstić information content (AvgIpc) is 2.65. The van der Waals surface area contributed by atoms with E-state index in [4.69, 9.17) is 4.74 Å². The lowest BCUT2D eigenvalue weighted by molar-refractivity contribution is 0.224. The number of nitrogens with zero attached hydrogens (tertiary/aromatic N) is 2. The van der Waals surface area contributed by atoms with Crippen molar-refractivity contribution in [1.82, 2.24) is 10.2 Å². The molecule has 0 aliphatic rings. The molecule has 0 saturated carbocycles. The zero-order valence-corrected chi connectivity index (χ0v) is 10.5. The summed E-state index contributed by atoms with van der Waals surface area (Å²) in [5, 5.41) is 8.29. The summed E-state index contributed by atoms with van der Waals surface area (Å²) in [6.45, 7) is 1.99. The lowest BCUT2D eigenvalue weighted by Gasteiger charge is -2.11. The van der Waals surface area contributed by atoms with Gasteiger partial charge < -0.3 is 4.74 Å². The molecular formula is C10H9BrN2OS. The van der Waals surface area contributed by atoms with Gasteiger partial charge in [0.05, 0.1) is 0 Å². The summed E-state index contributed by atoms with van der Waals surface area (Å²) in [6, 6.07) is 10.0. The fraction of sp³-hybridized carbons (Fsp3) is 0.200. The molecule has 1 aromatic carbocycles. The summed E-state index contributed by atoms with van der Waals surface area (Å²) in [4.78, 5) is 0. The van der Waals surface area contributed by atoms with Gasteiger partial charge in [-0.2, -0.15) is 0 Å². The van der Waals surface area contributed by atoms with E-state index in [9.17, 15) is 0 Å². The van der Waals surface area contributed by atoms with Crippen molar-refractivity contribution in [2.75, 3.05) is 0 Å². The Morgan fingerprint density at radius 3 is 2.60 bits per heavy atom. The minimum absolute atomic E-state index is 0.00829. The van der Waals surface area contributed by atoms with Gasteiger partial charge in [0.1, 0.15) is 6.10 Å². The maximum atomic E-state index is 5.64. The maximum absolute atomic E-state index is 5.64. The van der Waals surface area contributed by atoms with Crippen LogP contribution in [0.4, 0.5) is 0 Å². The predicted octanol–water partition coefficient (Wildman–Crippen LogP) is 3.44. The van der Waals surface area contributed by atoms with Gasteiger partial charge in [0.25, 0.3) is 5.19 Å². The maximum Gasteiger partial charge on any atom is 0.295 e. The number of hydrogen-bond acceptors (Lipinski definition) is 4. The second-order valence-corrected chi connectivity index (χ2v) is 5.21. The fourth-order valence-electron chi connectivity index (χ4n) is 1.18. The second-order valence-electron chi connectivity index (χ2n) is 2.99. The molecule has 0 radical (unpaired) electrons. The number of halogens is 1. The summed E-state index contributed by atoms with van der Waals surface area (Å²) >= 11 is 4.63. The molecule has 0 aliphatic carbocycles. The first kappa shape index (κ1) is 10.6. The van der Waals surface area contributed by atoms with Crippen LogP contribution in [0.3, 0.4) is 0 Å². The Bertz CT molecular complexity index is 432. The van der Waals surface area contributed by atoms with Crippen molar-refractivity contribution in [3.8, 4) is 5.19 Å². The molecule has 1 heterocycles. The van der Waals surface area contributed by atoms with Crippen molar-refractivity contribution in [2.45, 2.75) is 13.0 Å². The summed E-state index contributed by atoms with van der Waals surface area (Å²) in [5.41, 5.74) is 1.13. The van der Waals surface area contributed by atoms with Crippen LogP contribution in [-0.2, 0) is 0 Å². The number of aromatic nitrogens is 2. The van der Waals surface area contributed by atoms with E-state index in [2.05, 4.69) is 26.1 Å². The Kier molecular flexibility index (Phi) is 3.33. The van der Waals surface area contributed by atoms with E-state index >= 15 is 0 Å². The number of rotatable bonds is 3. The van der Waals surface area contributed by atoms with Gasteiger partial charge in [0, 0.05) is 0 Å². The van der Waals surface area contributed by atoms with Crippen LogP contribution in [-0.4, -0.2) is 10.2 Å². The monoisotopic (exact) mass is 284 g/mol. The zero-order chi connectivity index (χ0) is 10.7. The third kappa shape index (κ3) is 2.76. The largest absolute Gasteiger partial charge is 0.461 e. The molecule has 0 bridgehead atoms. The van der Waals surface area contributed by atoms with Crippen LogP contribution < -0.4 is 4.74 Å². The van der Waals surface area contributed by atoms with Crippen LogP contribution in [0, 0.1) is 0 Å². The highest BCUT2D eigenvalue weighted by Gasteiger charge is 2.09. The Labute approximate surface area is 100 Å². The van der Waals surface area contributed by atoms with E-state index in [0.717, 1.165) is 9.48 Å². The van der Waals surface area contributed by atoms with Gasteiger partial charge >= 0.3 is 0 Å². The molecule has 2 rings (SSSR count). The van der Waals surface area contributed by atoms with Crippen molar-refractivity contribution in [1.29, 1.82) is 0 Å². The topological polar surface area (TPSA) is 35.0 Å². The molecule has 1 unspecified atom stereocenters. The normalized spacial score (nSPS) is 12.4. The molecular weight excluding hydrogens is 276 g/mol. The van der Waals surface area contributed by atoms with Crippen LogP contribution in [0.2, 0.25) is 0 Å². The van der Waals surface area contributed by atoms with Gasteiger partial charge in [-0.05, 0) is 39.8 Å². The first-order valence-corrected chi connectivity index (χ1v) is 6.07. The molecule has 1 aromatic heterocycles. The SMILES string of the molecule is CC(Oc1nnc(Br)s1)c1ccccc1. The van der Waals surface area contributed by atoms with E-state index in [1.807, 2.05) is 37.3 Å². The zero-order valence-electron chi connectivity index (χ0n) is 8.05. The summed E-state index contributed by atoms with van der Waals surface area (Å²) in [7, 11) is 0. The van der Waals surface area contributed by atoms with Crippen molar-refractivity contribution < 1.29 is 4.74 Å². The molecule has 0 amide bonds. The van der Waals surface area contributed by atoms with Gasteiger partial charge in [-0.1, -0.05) is 35.4 Å². The smallest absolute Gasteiger partial charge is 0.295 e. The van der Waals surface area contributed by atoms with E-state index < -0.39 is 0 Å². The standard InChI is InChI=1S/C10H9BrN2OS/c1-7(8-5-3-2-4-6-8)14-10-13-12-9(11)15-10/h2-7H,1H3. The highest BCUT2D eigenvalue weighted by Crippen LogP contribution is 2.27. The van der Waals surface area contributed by atoms with Crippen molar-refractivity contribution in [2.24, 2.45) is 0 Å². The summed E-state index contributed by atoms with van der Waals surface area (Å²) < 4.78 is 6.37. The van der Waals surface area contributed by atoms with Gasteiger partial charge in [0.2, 0.25) is 0 Å². The molecule has 2 aromatic rings. The Balaban J connectivity index is 2.07. The molecule has 0 N–H and O–H groups in total. The average molecular weight is 285 g/mol. The second kappa shape index (κ2) is 4.72. The minimum atomic E-state index is -0.00829. The molecule has 3 nitrogen and oxygen atoms in total. The van der Waals surface area contributed by atoms with Gasteiger partial charge in [0.15, 0.2) is 3.92 Å². The van der Waals surface area contributed by atoms with Gasteiger partial charge in [-0.3, -0.25) is 0 Å². The van der Waals surface area contributed by atoms with Crippen molar-refractivity contribution >= 4 is 27.3 Å². The Morgan fingerprint density at radius 1 is 1.27 bits per heavy atom. The van der Waals surface area contributed by atoms with Crippen LogP contribution in [0.25, 0.3) is 0 Å². The van der Waals surface area contributed by atoms with Crippen LogP contribution in [0.5, 0.6) is 5.19 Å². The number of benzene rings is 1. The number of ether oxygens (including phenoxy) is 1. The quantitative estimate of drug-likeness (QED) is 0.866. The summed E-state index contributed by atoms with van der Waals surface area (Å²) in [6.07, 6.45) is -0.00829. The third-order valence-electron chi connectivity index (χ3n) is 1.93. The first-order valence-electron chi connectivity index (χ1n) is 4.46. The van der Waals surface area contributed by atoms with Crippen LogP contribution in [0.15, 0.2) is 34.2 Å². The molecule has 0 spiro atoms. The molecule has 5 heteroatoms. The molecule has 1 atom stereocenters. The van der Waals surface area contributed by atoms with E-state index in [-0.39, 0.29) is 6.10 Å². The van der Waals surface area contributed by atoms with E-state index in [0.29, 0.717) is 5.19 Å². The van der Waals surface area contributed by atoms with E-state index in [1.54, 1.807) is 0 Å². The van der Waals surface area contributed by atoms with E-state index in [1.165, 1.54) is 11.3 Å². The first-order chi connectivity index (χ1) is 7.25. The molecule has 0 fully saturated rings. The lowest BCUT2D eigenvalue weighted by atomic mass is 10.1. The highest BCUT2D eigenvalue weighted by molar-refractivity contribution is 9.11. The third-order valence-corrected chi connectivity index (χ3v) is 3.18. The molecule has 15 heavy (non-hydrogen) atoms. The Hall–Kier alpha value is -0.940. The molecule has 0 saturated heterocycles.